The Morgan fingerprint density at radius 1 is 1.19 bits per heavy atom. The number of aryl methyl sites for hydroxylation is 2. The van der Waals surface area contributed by atoms with E-state index in [-0.39, 0.29) is 23.3 Å². The smallest absolute Gasteiger partial charge is 0.243 e. The van der Waals surface area contributed by atoms with Crippen LogP contribution in [0.3, 0.4) is 0 Å². The first-order valence-corrected chi connectivity index (χ1v) is 12.2. The molecule has 0 saturated carbocycles. The van der Waals surface area contributed by atoms with Crippen LogP contribution in [0.25, 0.3) is 10.9 Å². The third-order valence-electron chi connectivity index (χ3n) is 6.05. The molecule has 1 fully saturated rings. The number of hydrogen-bond acceptors (Lipinski definition) is 3. The molecule has 3 aromatic rings. The molecule has 1 aliphatic rings. The Labute approximate surface area is 187 Å². The molecule has 0 bridgehead atoms. The van der Waals surface area contributed by atoms with Crippen LogP contribution in [-0.4, -0.2) is 36.7 Å². The number of nitrogens with one attached hydrogen (secondary N) is 2. The van der Waals surface area contributed by atoms with Crippen molar-refractivity contribution in [2.45, 2.75) is 38.1 Å². The van der Waals surface area contributed by atoms with Gasteiger partial charge in [-0.05, 0) is 74.2 Å². The highest BCUT2D eigenvalue weighted by molar-refractivity contribution is 7.89. The van der Waals surface area contributed by atoms with Gasteiger partial charge >= 0.3 is 0 Å². The van der Waals surface area contributed by atoms with Crippen LogP contribution in [0.5, 0.6) is 0 Å². The second kappa shape index (κ2) is 8.65. The number of nitrogens with zero attached hydrogens (tertiary/aromatic N) is 1. The van der Waals surface area contributed by atoms with Gasteiger partial charge in [-0.2, -0.15) is 4.31 Å². The van der Waals surface area contributed by atoms with E-state index >= 15 is 0 Å². The normalized spacial score (nSPS) is 17.7. The minimum Gasteiger partial charge on any atom is -0.358 e. The van der Waals surface area contributed by atoms with Crippen molar-refractivity contribution in [1.82, 2.24) is 14.6 Å². The highest BCUT2D eigenvalue weighted by Gasteiger charge is 2.33. The van der Waals surface area contributed by atoms with E-state index in [1.165, 1.54) is 22.0 Å². The number of rotatable bonds is 5. The SMILES string of the molecule is Cc1[nH]c2ccc(CNC(=O)C3CCCN(S(=O)(=O)c4ccc(Cl)cc4)C3)cc2c1C. The van der Waals surface area contributed by atoms with E-state index in [0.29, 0.717) is 31.0 Å². The molecular formula is C23H26ClN3O3S. The van der Waals surface area contributed by atoms with Gasteiger partial charge < -0.3 is 10.3 Å². The number of carbonyl (C=O) groups excluding carboxylic acids is 1. The largest absolute Gasteiger partial charge is 0.358 e. The number of amides is 1. The maximum Gasteiger partial charge on any atom is 0.243 e. The summed E-state index contributed by atoms with van der Waals surface area (Å²) in [6.07, 6.45) is 1.33. The zero-order chi connectivity index (χ0) is 22.2. The Balaban J connectivity index is 1.42. The second-order valence-corrected chi connectivity index (χ2v) is 10.5. The van der Waals surface area contributed by atoms with Crippen LogP contribution in [0.15, 0.2) is 47.4 Å². The standard InChI is InChI=1S/C23H26ClN3O3S/c1-15-16(2)26-22-10-5-17(12-21(15)22)13-25-23(28)18-4-3-11-27(14-18)31(29,30)20-8-6-19(24)7-9-20/h5-10,12,18,26H,3-4,11,13-14H2,1-2H3,(H,25,28). The molecular weight excluding hydrogens is 434 g/mol. The van der Waals surface area contributed by atoms with Gasteiger partial charge in [-0.1, -0.05) is 17.7 Å². The van der Waals surface area contributed by atoms with E-state index in [4.69, 9.17) is 11.6 Å². The molecule has 2 N–H and O–H groups in total. The van der Waals surface area contributed by atoms with E-state index in [9.17, 15) is 13.2 Å². The molecule has 6 nitrogen and oxygen atoms in total. The Kier molecular flexibility index (Phi) is 6.10. The first-order chi connectivity index (χ1) is 14.8. The van der Waals surface area contributed by atoms with E-state index < -0.39 is 10.0 Å². The van der Waals surface area contributed by atoms with Crippen LogP contribution in [0, 0.1) is 19.8 Å². The minimum absolute atomic E-state index is 0.113. The van der Waals surface area contributed by atoms with Gasteiger partial charge in [-0.25, -0.2) is 8.42 Å². The quantitative estimate of drug-likeness (QED) is 0.601. The summed E-state index contributed by atoms with van der Waals surface area (Å²) < 4.78 is 27.3. The fourth-order valence-electron chi connectivity index (χ4n) is 4.08. The lowest BCUT2D eigenvalue weighted by Gasteiger charge is -2.31. The fraction of sp³-hybridized carbons (Fsp3) is 0.348. The summed E-state index contributed by atoms with van der Waals surface area (Å²) in [5.41, 5.74) is 4.45. The van der Waals surface area contributed by atoms with Crippen molar-refractivity contribution >= 4 is 38.4 Å². The molecule has 1 aliphatic heterocycles. The average molecular weight is 460 g/mol. The van der Waals surface area contributed by atoms with Crippen LogP contribution in [0.1, 0.15) is 29.7 Å². The van der Waals surface area contributed by atoms with Crippen LogP contribution < -0.4 is 5.32 Å². The molecule has 2 heterocycles. The molecule has 1 unspecified atom stereocenters. The number of benzene rings is 2. The molecule has 1 atom stereocenters. The van der Waals surface area contributed by atoms with Gasteiger partial charge in [0.05, 0.1) is 10.8 Å². The minimum atomic E-state index is -3.65. The van der Waals surface area contributed by atoms with Crippen molar-refractivity contribution in [3.8, 4) is 0 Å². The number of fused-ring (bicyclic) bond motifs is 1. The van der Waals surface area contributed by atoms with Gasteiger partial charge in [-0.3, -0.25) is 4.79 Å². The van der Waals surface area contributed by atoms with E-state index in [2.05, 4.69) is 23.3 Å². The molecule has 4 rings (SSSR count). The summed E-state index contributed by atoms with van der Waals surface area (Å²) >= 11 is 5.88. The third-order valence-corrected chi connectivity index (χ3v) is 8.18. The molecule has 8 heteroatoms. The molecule has 2 aromatic carbocycles. The maximum atomic E-state index is 13.0. The van der Waals surface area contributed by atoms with Crippen molar-refractivity contribution in [1.29, 1.82) is 0 Å². The molecule has 1 saturated heterocycles. The molecule has 164 valence electrons. The first kappa shape index (κ1) is 21.9. The molecule has 1 amide bonds. The monoisotopic (exact) mass is 459 g/mol. The number of aromatic nitrogens is 1. The lowest BCUT2D eigenvalue weighted by molar-refractivity contribution is -0.126. The summed E-state index contributed by atoms with van der Waals surface area (Å²) in [5, 5.41) is 4.63. The van der Waals surface area contributed by atoms with E-state index in [1.807, 2.05) is 19.1 Å². The zero-order valence-electron chi connectivity index (χ0n) is 17.6. The number of hydrogen-bond donors (Lipinski definition) is 2. The van der Waals surface area contributed by atoms with E-state index in [1.54, 1.807) is 12.1 Å². The third kappa shape index (κ3) is 4.49. The predicted molar refractivity (Wildman–Crippen MR) is 123 cm³/mol. The number of carbonyl (C=O) groups is 1. The van der Waals surface area contributed by atoms with Gasteiger partial charge in [0, 0.05) is 41.3 Å². The van der Waals surface area contributed by atoms with Gasteiger partial charge in [0.25, 0.3) is 0 Å². The molecule has 0 radical (unpaired) electrons. The van der Waals surface area contributed by atoms with Crippen LogP contribution in [0.4, 0.5) is 0 Å². The molecule has 0 spiro atoms. The summed E-state index contributed by atoms with van der Waals surface area (Å²) in [6.45, 7) is 5.14. The van der Waals surface area contributed by atoms with Crippen molar-refractivity contribution in [2.24, 2.45) is 5.92 Å². The summed E-state index contributed by atoms with van der Waals surface area (Å²) in [4.78, 5) is 16.4. The Hall–Kier alpha value is -2.35. The van der Waals surface area contributed by atoms with Crippen molar-refractivity contribution < 1.29 is 13.2 Å². The lowest BCUT2D eigenvalue weighted by atomic mass is 9.98. The van der Waals surface area contributed by atoms with Crippen molar-refractivity contribution in [3.05, 3.63) is 64.3 Å². The van der Waals surface area contributed by atoms with Crippen molar-refractivity contribution in [3.63, 3.8) is 0 Å². The number of piperidine rings is 1. The lowest BCUT2D eigenvalue weighted by Crippen LogP contribution is -2.45. The summed E-state index contributed by atoms with van der Waals surface area (Å²) in [5.74, 6) is -0.478. The summed E-state index contributed by atoms with van der Waals surface area (Å²) in [6, 6.07) is 12.2. The number of H-pyrrole nitrogens is 1. The average Bonchev–Trinajstić information content (AvgIpc) is 3.05. The summed E-state index contributed by atoms with van der Waals surface area (Å²) in [7, 11) is -3.65. The maximum absolute atomic E-state index is 13.0. The van der Waals surface area contributed by atoms with Gasteiger partial charge in [0.1, 0.15) is 0 Å². The first-order valence-electron chi connectivity index (χ1n) is 10.4. The fourth-order valence-corrected chi connectivity index (χ4v) is 5.73. The zero-order valence-corrected chi connectivity index (χ0v) is 19.2. The highest BCUT2D eigenvalue weighted by Crippen LogP contribution is 2.25. The van der Waals surface area contributed by atoms with Crippen molar-refractivity contribution in [2.75, 3.05) is 13.1 Å². The molecule has 1 aromatic heterocycles. The molecule has 0 aliphatic carbocycles. The van der Waals surface area contributed by atoms with E-state index in [0.717, 1.165) is 22.2 Å². The molecule has 31 heavy (non-hydrogen) atoms. The Morgan fingerprint density at radius 3 is 2.68 bits per heavy atom. The number of sulfonamides is 1. The highest BCUT2D eigenvalue weighted by atomic mass is 35.5. The van der Waals surface area contributed by atoms with Crippen LogP contribution in [0.2, 0.25) is 5.02 Å². The Morgan fingerprint density at radius 2 is 1.94 bits per heavy atom. The van der Waals surface area contributed by atoms with Gasteiger partial charge in [0.2, 0.25) is 15.9 Å². The second-order valence-electron chi connectivity index (χ2n) is 8.13. The van der Waals surface area contributed by atoms with Crippen LogP contribution >= 0.6 is 11.6 Å². The topological polar surface area (TPSA) is 82.3 Å². The Bertz CT molecular complexity index is 1220. The number of halogens is 1. The number of aromatic amines is 1. The predicted octanol–water partition coefficient (Wildman–Crippen LogP) is 4.16. The van der Waals surface area contributed by atoms with Gasteiger partial charge in [-0.15, -0.1) is 0 Å². The van der Waals surface area contributed by atoms with Gasteiger partial charge in [0.15, 0.2) is 0 Å². The van der Waals surface area contributed by atoms with Crippen LogP contribution in [-0.2, 0) is 21.4 Å².